The predicted molar refractivity (Wildman–Crippen MR) is 80.5 cm³/mol. The molecular weight excluding hydrogens is 284 g/mol. The minimum Gasteiger partial charge on any atom is -0.496 e. The second-order valence-corrected chi connectivity index (χ2v) is 5.10. The smallest absolute Gasteiger partial charge is 0.372 e. The zero-order valence-corrected chi connectivity index (χ0v) is 12.6. The number of hydrogen-bond donors (Lipinski definition) is 1. The van der Waals surface area contributed by atoms with Gasteiger partial charge in [0.05, 0.1) is 19.0 Å². The SMILES string of the molecule is COc1ccccc1Cn1nc2oc(C(=O)O)c(C)c2c1C. The average molecular weight is 300 g/mol. The number of methoxy groups -OCH3 is 1. The van der Waals surface area contributed by atoms with Crippen molar-refractivity contribution >= 4 is 17.1 Å². The first-order chi connectivity index (χ1) is 10.5. The van der Waals surface area contributed by atoms with Crippen LogP contribution < -0.4 is 4.74 Å². The lowest BCUT2D eigenvalue weighted by Gasteiger charge is -2.09. The molecule has 3 aromatic rings. The fourth-order valence-electron chi connectivity index (χ4n) is 2.66. The molecule has 0 fully saturated rings. The third kappa shape index (κ3) is 2.13. The van der Waals surface area contributed by atoms with E-state index in [2.05, 4.69) is 5.10 Å². The first-order valence-electron chi connectivity index (χ1n) is 6.84. The quantitative estimate of drug-likeness (QED) is 0.801. The van der Waals surface area contributed by atoms with Crippen LogP contribution in [0, 0.1) is 13.8 Å². The third-order valence-corrected chi connectivity index (χ3v) is 3.80. The van der Waals surface area contributed by atoms with Crippen LogP contribution in [0.1, 0.15) is 27.4 Å². The number of fused-ring (bicyclic) bond motifs is 1. The summed E-state index contributed by atoms with van der Waals surface area (Å²) in [5.41, 5.74) is 2.82. The summed E-state index contributed by atoms with van der Waals surface area (Å²) in [6, 6.07) is 7.71. The van der Waals surface area contributed by atoms with Gasteiger partial charge in [0.15, 0.2) is 0 Å². The number of aromatic carboxylic acids is 1. The highest BCUT2D eigenvalue weighted by atomic mass is 16.5. The van der Waals surface area contributed by atoms with Crippen molar-refractivity contribution < 1.29 is 19.1 Å². The Morgan fingerprint density at radius 3 is 2.73 bits per heavy atom. The van der Waals surface area contributed by atoms with Crippen molar-refractivity contribution in [2.45, 2.75) is 20.4 Å². The van der Waals surface area contributed by atoms with Crippen molar-refractivity contribution in [1.82, 2.24) is 9.78 Å². The number of aromatic nitrogens is 2. The molecule has 0 bridgehead atoms. The summed E-state index contributed by atoms with van der Waals surface area (Å²) in [5, 5.41) is 14.2. The molecule has 6 heteroatoms. The van der Waals surface area contributed by atoms with Gasteiger partial charge in [-0.1, -0.05) is 18.2 Å². The van der Waals surface area contributed by atoms with Crippen LogP contribution >= 0.6 is 0 Å². The molecule has 0 radical (unpaired) electrons. The summed E-state index contributed by atoms with van der Waals surface area (Å²) >= 11 is 0. The number of nitrogens with zero attached hydrogens (tertiary/aromatic N) is 2. The highest BCUT2D eigenvalue weighted by Crippen LogP contribution is 2.29. The molecule has 1 N–H and O–H groups in total. The highest BCUT2D eigenvalue weighted by molar-refractivity contribution is 5.94. The Morgan fingerprint density at radius 2 is 2.09 bits per heavy atom. The van der Waals surface area contributed by atoms with E-state index in [1.165, 1.54) is 0 Å². The molecule has 3 rings (SSSR count). The van der Waals surface area contributed by atoms with Crippen molar-refractivity contribution in [2.75, 3.05) is 7.11 Å². The first-order valence-corrected chi connectivity index (χ1v) is 6.84. The Balaban J connectivity index is 2.06. The van der Waals surface area contributed by atoms with Crippen molar-refractivity contribution in [3.8, 4) is 5.75 Å². The summed E-state index contributed by atoms with van der Waals surface area (Å²) in [5.74, 6) is -0.340. The van der Waals surface area contributed by atoms with Crippen molar-refractivity contribution in [3.05, 3.63) is 46.8 Å². The molecule has 0 aliphatic heterocycles. The summed E-state index contributed by atoms with van der Waals surface area (Å²) in [6.45, 7) is 4.16. The molecule has 0 saturated heterocycles. The third-order valence-electron chi connectivity index (χ3n) is 3.80. The van der Waals surface area contributed by atoms with Crippen LogP contribution in [-0.4, -0.2) is 28.0 Å². The number of ether oxygens (including phenoxy) is 1. The van der Waals surface area contributed by atoms with Crippen LogP contribution in [0.5, 0.6) is 5.75 Å². The summed E-state index contributed by atoms with van der Waals surface area (Å²) in [6.07, 6.45) is 0. The number of carboxylic acids is 1. The van der Waals surface area contributed by atoms with Crippen LogP contribution in [-0.2, 0) is 6.54 Å². The molecule has 0 spiro atoms. The van der Waals surface area contributed by atoms with Gasteiger partial charge >= 0.3 is 5.97 Å². The van der Waals surface area contributed by atoms with Gasteiger partial charge in [0, 0.05) is 16.8 Å². The lowest BCUT2D eigenvalue weighted by molar-refractivity contribution is 0.0663. The van der Waals surface area contributed by atoms with Gasteiger partial charge in [-0.15, -0.1) is 5.10 Å². The molecule has 0 aliphatic carbocycles. The van der Waals surface area contributed by atoms with E-state index in [0.717, 1.165) is 22.4 Å². The van der Waals surface area contributed by atoms with E-state index >= 15 is 0 Å². The number of carboxylic acid groups (broad SMARTS) is 1. The minimum absolute atomic E-state index is 0.0509. The second-order valence-electron chi connectivity index (χ2n) is 5.10. The Kier molecular flexibility index (Phi) is 3.36. The number of hydrogen-bond acceptors (Lipinski definition) is 4. The summed E-state index contributed by atoms with van der Waals surface area (Å²) in [4.78, 5) is 11.1. The van der Waals surface area contributed by atoms with Gasteiger partial charge in [0.1, 0.15) is 5.75 Å². The van der Waals surface area contributed by atoms with Crippen LogP contribution in [0.15, 0.2) is 28.7 Å². The zero-order valence-electron chi connectivity index (χ0n) is 12.6. The van der Waals surface area contributed by atoms with Crippen LogP contribution in [0.3, 0.4) is 0 Å². The molecule has 0 aliphatic rings. The van der Waals surface area contributed by atoms with Gasteiger partial charge in [-0.3, -0.25) is 4.68 Å². The fraction of sp³-hybridized carbons (Fsp3) is 0.250. The fourth-order valence-corrected chi connectivity index (χ4v) is 2.66. The standard InChI is InChI=1S/C16H16N2O4/c1-9-13-10(2)18(17-15(13)22-14(9)16(19)20)8-11-6-4-5-7-12(11)21-3/h4-7H,8H2,1-3H3,(H,19,20). The number of para-hydroxylation sites is 1. The predicted octanol–water partition coefficient (Wildman–Crippen LogP) is 3.00. The molecule has 2 aromatic heterocycles. The zero-order chi connectivity index (χ0) is 15.9. The molecule has 114 valence electrons. The van der Waals surface area contributed by atoms with Crippen LogP contribution in [0.25, 0.3) is 11.1 Å². The maximum Gasteiger partial charge on any atom is 0.372 e. The molecule has 0 amide bonds. The van der Waals surface area contributed by atoms with E-state index in [4.69, 9.17) is 14.3 Å². The minimum atomic E-state index is -1.08. The molecule has 0 saturated carbocycles. The van der Waals surface area contributed by atoms with Gasteiger partial charge in [-0.2, -0.15) is 0 Å². The van der Waals surface area contributed by atoms with Crippen molar-refractivity contribution in [3.63, 3.8) is 0 Å². The first kappa shape index (κ1) is 14.2. The number of furan rings is 1. The molecule has 22 heavy (non-hydrogen) atoms. The topological polar surface area (TPSA) is 77.5 Å². The average Bonchev–Trinajstić information content (AvgIpc) is 2.98. The summed E-state index contributed by atoms with van der Waals surface area (Å²) in [7, 11) is 1.63. The molecule has 0 unspecified atom stereocenters. The maximum atomic E-state index is 11.1. The van der Waals surface area contributed by atoms with Crippen LogP contribution in [0.4, 0.5) is 0 Å². The number of carbonyl (C=O) groups is 1. The Hall–Kier alpha value is -2.76. The molecule has 6 nitrogen and oxygen atoms in total. The largest absolute Gasteiger partial charge is 0.496 e. The van der Waals surface area contributed by atoms with E-state index in [9.17, 15) is 4.79 Å². The Morgan fingerprint density at radius 1 is 1.36 bits per heavy atom. The van der Waals surface area contributed by atoms with E-state index in [0.29, 0.717) is 17.8 Å². The lowest BCUT2D eigenvalue weighted by atomic mass is 10.1. The number of rotatable bonds is 4. The van der Waals surface area contributed by atoms with Gasteiger partial charge in [-0.05, 0) is 19.9 Å². The van der Waals surface area contributed by atoms with E-state index < -0.39 is 5.97 Å². The van der Waals surface area contributed by atoms with Gasteiger partial charge in [0.25, 0.3) is 0 Å². The molecule has 1 aromatic carbocycles. The maximum absolute atomic E-state index is 11.1. The van der Waals surface area contributed by atoms with Crippen molar-refractivity contribution in [1.29, 1.82) is 0 Å². The molecule has 2 heterocycles. The monoisotopic (exact) mass is 300 g/mol. The van der Waals surface area contributed by atoms with E-state index in [1.54, 1.807) is 18.7 Å². The number of benzene rings is 1. The second kappa shape index (κ2) is 5.22. The molecular formula is C16H16N2O4. The van der Waals surface area contributed by atoms with Crippen molar-refractivity contribution in [2.24, 2.45) is 0 Å². The highest BCUT2D eigenvalue weighted by Gasteiger charge is 2.22. The van der Waals surface area contributed by atoms with E-state index in [-0.39, 0.29) is 5.76 Å². The Labute approximate surface area is 126 Å². The summed E-state index contributed by atoms with van der Waals surface area (Å²) < 4.78 is 12.5. The molecule has 0 atom stereocenters. The number of aryl methyl sites for hydroxylation is 2. The van der Waals surface area contributed by atoms with Gasteiger partial charge in [0.2, 0.25) is 11.5 Å². The van der Waals surface area contributed by atoms with Crippen LogP contribution in [0.2, 0.25) is 0 Å². The van der Waals surface area contributed by atoms with Gasteiger partial charge < -0.3 is 14.3 Å². The van der Waals surface area contributed by atoms with Gasteiger partial charge in [-0.25, -0.2) is 4.79 Å². The van der Waals surface area contributed by atoms with E-state index in [1.807, 2.05) is 31.2 Å². The Bertz CT molecular complexity index is 861. The normalized spacial score (nSPS) is 11.0. The lowest BCUT2D eigenvalue weighted by Crippen LogP contribution is -2.06.